The number of hydrogen-bond acceptors (Lipinski definition) is 6. The van der Waals surface area contributed by atoms with Crippen molar-refractivity contribution in [2.45, 2.75) is 0 Å². The second-order valence-electron chi connectivity index (χ2n) is 5.01. The van der Waals surface area contributed by atoms with Crippen molar-refractivity contribution in [1.29, 1.82) is 5.26 Å². The zero-order valence-electron chi connectivity index (χ0n) is 12.9. The molecule has 2 N–H and O–H groups in total. The predicted molar refractivity (Wildman–Crippen MR) is 98.0 cm³/mol. The number of oxime groups is 1. The maximum absolute atomic E-state index is 9.45. The number of rotatable bonds is 4. The van der Waals surface area contributed by atoms with Crippen LogP contribution in [0.3, 0.4) is 0 Å². The van der Waals surface area contributed by atoms with Crippen LogP contribution in [0.2, 0.25) is 0 Å². The molecule has 3 rings (SSSR count). The molecule has 0 saturated carbocycles. The van der Waals surface area contributed by atoms with Gasteiger partial charge < -0.3 is 10.5 Å². The summed E-state index contributed by atoms with van der Waals surface area (Å²) in [6.45, 7) is 0. The first-order chi connectivity index (χ1) is 12.2. The summed E-state index contributed by atoms with van der Waals surface area (Å²) in [5, 5.41) is 24.7. The molecule has 3 aromatic rings. The first-order valence-corrected chi connectivity index (χ1v) is 8.08. The number of nitrogens with zero attached hydrogens (tertiary/aromatic N) is 4. The van der Waals surface area contributed by atoms with Gasteiger partial charge >= 0.3 is 0 Å². The summed E-state index contributed by atoms with van der Waals surface area (Å²) in [5.41, 5.74) is 2.84. The molecule has 0 radical (unpaired) electrons. The van der Waals surface area contributed by atoms with Gasteiger partial charge in [0.15, 0.2) is 0 Å². The Morgan fingerprint density at radius 3 is 2.56 bits per heavy atom. The van der Waals surface area contributed by atoms with Gasteiger partial charge in [-0.1, -0.05) is 39.3 Å². The van der Waals surface area contributed by atoms with Crippen molar-refractivity contribution >= 4 is 33.3 Å². The summed E-state index contributed by atoms with van der Waals surface area (Å²) < 4.78 is 0.794. The third kappa shape index (κ3) is 3.82. The van der Waals surface area contributed by atoms with Gasteiger partial charge in [0, 0.05) is 21.9 Å². The summed E-state index contributed by atoms with van der Waals surface area (Å²) in [6.07, 6.45) is 1.58. The SMILES string of the molecule is N#Cc1ccc(Nc2nccc(/C(=N\O)c3ccccc3Br)n2)cc1. The fourth-order valence-corrected chi connectivity index (χ4v) is 2.68. The van der Waals surface area contributed by atoms with Crippen LogP contribution in [0.5, 0.6) is 0 Å². The largest absolute Gasteiger partial charge is 0.410 e. The van der Waals surface area contributed by atoms with E-state index in [0.29, 0.717) is 28.5 Å². The van der Waals surface area contributed by atoms with E-state index in [4.69, 9.17) is 5.26 Å². The van der Waals surface area contributed by atoms with Crippen LogP contribution in [0, 0.1) is 11.3 Å². The zero-order valence-corrected chi connectivity index (χ0v) is 14.5. The quantitative estimate of drug-likeness (QED) is 0.395. The maximum atomic E-state index is 9.45. The summed E-state index contributed by atoms with van der Waals surface area (Å²) in [4.78, 5) is 8.57. The van der Waals surface area contributed by atoms with Crippen LogP contribution in [-0.2, 0) is 0 Å². The Labute approximate surface area is 152 Å². The highest BCUT2D eigenvalue weighted by Crippen LogP contribution is 2.20. The van der Waals surface area contributed by atoms with Gasteiger partial charge in [-0.3, -0.25) is 0 Å². The van der Waals surface area contributed by atoms with Crippen LogP contribution >= 0.6 is 15.9 Å². The smallest absolute Gasteiger partial charge is 0.227 e. The minimum absolute atomic E-state index is 0.331. The van der Waals surface area contributed by atoms with E-state index in [1.165, 1.54) is 0 Å². The van der Waals surface area contributed by atoms with E-state index in [-0.39, 0.29) is 0 Å². The van der Waals surface area contributed by atoms with Crippen LogP contribution in [-0.4, -0.2) is 20.9 Å². The number of nitrogens with one attached hydrogen (secondary N) is 1. The first kappa shape index (κ1) is 16.6. The summed E-state index contributed by atoms with van der Waals surface area (Å²) >= 11 is 3.44. The molecule has 0 aliphatic carbocycles. The van der Waals surface area contributed by atoms with Crippen LogP contribution in [0.4, 0.5) is 11.6 Å². The summed E-state index contributed by atoms with van der Waals surface area (Å²) in [7, 11) is 0. The molecule has 0 amide bonds. The molecule has 0 saturated heterocycles. The van der Waals surface area contributed by atoms with E-state index in [0.717, 1.165) is 10.2 Å². The van der Waals surface area contributed by atoms with E-state index in [1.54, 1.807) is 36.5 Å². The van der Waals surface area contributed by atoms with E-state index < -0.39 is 0 Å². The number of hydrogen-bond donors (Lipinski definition) is 2. The third-order valence-corrected chi connectivity index (χ3v) is 4.09. The lowest BCUT2D eigenvalue weighted by molar-refractivity contribution is 0.319. The van der Waals surface area contributed by atoms with E-state index >= 15 is 0 Å². The Hall–Kier alpha value is -3.24. The Kier molecular flexibility index (Phi) is 5.02. The molecule has 122 valence electrons. The standard InChI is InChI=1S/C18H12BrN5O/c19-15-4-2-1-3-14(15)17(24-25)16-9-10-21-18(23-16)22-13-7-5-12(11-20)6-8-13/h1-10,25H,(H,21,22,23)/b24-17-. The summed E-state index contributed by atoms with van der Waals surface area (Å²) in [6, 6.07) is 18.1. The van der Waals surface area contributed by atoms with Crippen molar-refractivity contribution in [2.24, 2.45) is 5.16 Å². The minimum Gasteiger partial charge on any atom is -0.410 e. The lowest BCUT2D eigenvalue weighted by Gasteiger charge is -2.09. The van der Waals surface area contributed by atoms with E-state index in [9.17, 15) is 5.21 Å². The fraction of sp³-hybridized carbons (Fsp3) is 0. The molecular formula is C18H12BrN5O. The van der Waals surface area contributed by atoms with Gasteiger partial charge in [0.05, 0.1) is 17.3 Å². The van der Waals surface area contributed by atoms with Crippen LogP contribution < -0.4 is 5.32 Å². The van der Waals surface area contributed by atoms with Gasteiger partial charge in [0.25, 0.3) is 0 Å². The predicted octanol–water partition coefficient (Wildman–Crippen LogP) is 4.08. The van der Waals surface area contributed by atoms with Crippen molar-refractivity contribution in [3.8, 4) is 6.07 Å². The molecule has 6 nitrogen and oxygen atoms in total. The number of halogens is 1. The zero-order chi connectivity index (χ0) is 17.6. The number of nitriles is 1. The highest BCUT2D eigenvalue weighted by atomic mass is 79.9. The summed E-state index contributed by atoms with van der Waals surface area (Å²) in [5.74, 6) is 0.357. The van der Waals surface area contributed by atoms with E-state index in [1.807, 2.05) is 24.3 Å². The Bertz CT molecular complexity index is 964. The molecule has 1 heterocycles. The van der Waals surface area contributed by atoms with Crippen LogP contribution in [0.1, 0.15) is 16.8 Å². The van der Waals surface area contributed by atoms with Gasteiger partial charge in [-0.25, -0.2) is 9.97 Å². The average Bonchev–Trinajstić information content (AvgIpc) is 2.65. The molecule has 0 unspecified atom stereocenters. The highest BCUT2D eigenvalue weighted by molar-refractivity contribution is 9.10. The van der Waals surface area contributed by atoms with Crippen molar-refractivity contribution in [3.63, 3.8) is 0 Å². The molecule has 2 aromatic carbocycles. The average molecular weight is 394 g/mol. The van der Waals surface area contributed by atoms with Gasteiger partial charge in [0.1, 0.15) is 5.71 Å². The van der Waals surface area contributed by atoms with E-state index in [2.05, 4.69) is 42.4 Å². The fourth-order valence-electron chi connectivity index (χ4n) is 2.20. The molecule has 7 heteroatoms. The molecular weight excluding hydrogens is 382 g/mol. The lowest BCUT2D eigenvalue weighted by atomic mass is 10.1. The normalized spacial score (nSPS) is 11.0. The van der Waals surface area contributed by atoms with Gasteiger partial charge in [-0.05, 0) is 36.4 Å². The lowest BCUT2D eigenvalue weighted by Crippen LogP contribution is -2.09. The van der Waals surface area contributed by atoms with Crippen LogP contribution in [0.25, 0.3) is 0 Å². The molecule has 0 fully saturated rings. The number of aromatic nitrogens is 2. The highest BCUT2D eigenvalue weighted by Gasteiger charge is 2.13. The van der Waals surface area contributed by atoms with Gasteiger partial charge in [0.2, 0.25) is 5.95 Å². The molecule has 25 heavy (non-hydrogen) atoms. The molecule has 0 aliphatic heterocycles. The Morgan fingerprint density at radius 1 is 1.12 bits per heavy atom. The second-order valence-corrected chi connectivity index (χ2v) is 5.86. The number of anilines is 2. The molecule has 0 atom stereocenters. The number of benzene rings is 2. The molecule has 0 bridgehead atoms. The van der Waals surface area contributed by atoms with Crippen molar-refractivity contribution in [2.75, 3.05) is 5.32 Å². The van der Waals surface area contributed by atoms with Gasteiger partial charge in [-0.15, -0.1) is 0 Å². The van der Waals surface area contributed by atoms with Crippen molar-refractivity contribution < 1.29 is 5.21 Å². The molecule has 1 aromatic heterocycles. The van der Waals surface area contributed by atoms with Crippen molar-refractivity contribution in [3.05, 3.63) is 82.1 Å². The maximum Gasteiger partial charge on any atom is 0.227 e. The molecule has 0 aliphatic rings. The first-order valence-electron chi connectivity index (χ1n) is 7.29. The van der Waals surface area contributed by atoms with Crippen molar-refractivity contribution in [1.82, 2.24) is 9.97 Å². The Balaban J connectivity index is 1.90. The topological polar surface area (TPSA) is 94.2 Å². The molecule has 0 spiro atoms. The minimum atomic E-state index is 0.331. The monoisotopic (exact) mass is 393 g/mol. The Morgan fingerprint density at radius 2 is 1.88 bits per heavy atom. The van der Waals surface area contributed by atoms with Crippen LogP contribution in [0.15, 0.2) is 70.4 Å². The second kappa shape index (κ2) is 7.55. The van der Waals surface area contributed by atoms with Gasteiger partial charge in [-0.2, -0.15) is 5.26 Å². The third-order valence-electron chi connectivity index (χ3n) is 3.40.